The SMILES string of the molecule is Cc1ccn(-c2ccc(NCCNS(=O)(=O)c3ccccc3OC(F)(F)F)nn2)n1. The summed E-state index contributed by atoms with van der Waals surface area (Å²) in [5.41, 5.74) is 0.827. The lowest BCUT2D eigenvalue weighted by atomic mass is 10.3. The number of nitrogens with one attached hydrogen (secondary N) is 2. The van der Waals surface area contributed by atoms with Crippen LogP contribution in [0.5, 0.6) is 5.75 Å². The minimum Gasteiger partial charge on any atom is -0.404 e. The highest BCUT2D eigenvalue weighted by molar-refractivity contribution is 7.89. The number of hydrogen-bond acceptors (Lipinski definition) is 7. The molecule has 3 rings (SSSR count). The number of nitrogens with zero attached hydrogens (tertiary/aromatic N) is 4. The van der Waals surface area contributed by atoms with Gasteiger partial charge in [-0.15, -0.1) is 23.4 Å². The van der Waals surface area contributed by atoms with Gasteiger partial charge in [0.2, 0.25) is 10.0 Å². The van der Waals surface area contributed by atoms with E-state index in [0.717, 1.165) is 17.8 Å². The third-order valence-electron chi connectivity index (χ3n) is 3.70. The van der Waals surface area contributed by atoms with Gasteiger partial charge in [0.25, 0.3) is 0 Å². The maximum Gasteiger partial charge on any atom is 0.573 e. The van der Waals surface area contributed by atoms with Crippen LogP contribution < -0.4 is 14.8 Å². The number of benzene rings is 1. The fraction of sp³-hybridized carbons (Fsp3) is 0.235. The molecule has 0 aliphatic carbocycles. The number of rotatable bonds is 8. The van der Waals surface area contributed by atoms with Gasteiger partial charge in [0.1, 0.15) is 16.5 Å². The molecule has 0 saturated heterocycles. The van der Waals surface area contributed by atoms with Gasteiger partial charge in [0.15, 0.2) is 5.82 Å². The number of aryl methyl sites for hydroxylation is 1. The minimum absolute atomic E-state index is 0.107. The minimum atomic E-state index is -5.01. The molecular weight excluding hydrogens is 425 g/mol. The summed E-state index contributed by atoms with van der Waals surface area (Å²) in [7, 11) is -4.22. The van der Waals surface area contributed by atoms with Gasteiger partial charge >= 0.3 is 6.36 Å². The van der Waals surface area contributed by atoms with Gasteiger partial charge in [-0.25, -0.2) is 17.8 Å². The number of anilines is 1. The van der Waals surface area contributed by atoms with Crippen LogP contribution in [-0.4, -0.2) is 47.8 Å². The first-order valence-corrected chi connectivity index (χ1v) is 10.1. The molecule has 0 radical (unpaired) electrons. The lowest BCUT2D eigenvalue weighted by molar-refractivity contribution is -0.275. The van der Waals surface area contributed by atoms with Crippen LogP contribution in [0.2, 0.25) is 0 Å². The highest BCUT2D eigenvalue weighted by Crippen LogP contribution is 2.29. The van der Waals surface area contributed by atoms with Gasteiger partial charge < -0.3 is 10.1 Å². The molecule has 9 nitrogen and oxygen atoms in total. The van der Waals surface area contributed by atoms with E-state index in [-0.39, 0.29) is 13.1 Å². The molecule has 160 valence electrons. The van der Waals surface area contributed by atoms with Crippen molar-refractivity contribution in [2.45, 2.75) is 18.2 Å². The molecule has 3 aromatic rings. The number of ether oxygens (including phenoxy) is 1. The smallest absolute Gasteiger partial charge is 0.404 e. The standard InChI is InChI=1S/C17H17F3N6O3S/c1-12-8-11-26(25-12)16-7-6-15(23-24-16)21-9-10-22-30(27,28)14-5-3-2-4-13(14)29-17(18,19)20/h2-8,11,22H,9-10H2,1H3,(H,21,23). The molecule has 0 spiro atoms. The molecule has 2 heterocycles. The molecule has 0 aliphatic rings. The van der Waals surface area contributed by atoms with Crippen LogP contribution in [0.25, 0.3) is 5.82 Å². The van der Waals surface area contributed by atoms with E-state index in [1.54, 1.807) is 23.0 Å². The molecular formula is C17H17F3N6O3S. The van der Waals surface area contributed by atoms with E-state index in [1.807, 2.05) is 13.0 Å². The largest absolute Gasteiger partial charge is 0.573 e. The summed E-state index contributed by atoms with van der Waals surface area (Å²) >= 11 is 0. The predicted octanol–water partition coefficient (Wildman–Crippen LogP) is 2.26. The van der Waals surface area contributed by atoms with Crippen molar-refractivity contribution in [2.24, 2.45) is 0 Å². The van der Waals surface area contributed by atoms with Crippen molar-refractivity contribution in [1.82, 2.24) is 24.7 Å². The number of alkyl halides is 3. The molecule has 1 aromatic carbocycles. The van der Waals surface area contributed by atoms with Crippen LogP contribution in [0.4, 0.5) is 19.0 Å². The van der Waals surface area contributed by atoms with Crippen molar-refractivity contribution >= 4 is 15.8 Å². The molecule has 0 atom stereocenters. The van der Waals surface area contributed by atoms with E-state index in [2.05, 4.69) is 30.1 Å². The van der Waals surface area contributed by atoms with Gasteiger partial charge in [-0.2, -0.15) is 5.10 Å². The Bertz CT molecular complexity index is 1100. The first-order valence-electron chi connectivity index (χ1n) is 8.59. The highest BCUT2D eigenvalue weighted by Gasteiger charge is 2.33. The first kappa shape index (κ1) is 21.5. The van der Waals surface area contributed by atoms with Crippen LogP contribution in [-0.2, 0) is 10.0 Å². The summed E-state index contributed by atoms with van der Waals surface area (Å²) in [4.78, 5) is -0.610. The van der Waals surface area contributed by atoms with Crippen LogP contribution in [0.3, 0.4) is 0 Å². The molecule has 0 bridgehead atoms. The number of halogens is 3. The maximum absolute atomic E-state index is 12.5. The molecule has 0 unspecified atom stereocenters. The normalized spacial score (nSPS) is 12.0. The van der Waals surface area contributed by atoms with E-state index in [9.17, 15) is 21.6 Å². The molecule has 0 fully saturated rings. The number of sulfonamides is 1. The van der Waals surface area contributed by atoms with Crippen molar-refractivity contribution in [3.8, 4) is 11.6 Å². The van der Waals surface area contributed by atoms with Gasteiger partial charge in [-0.05, 0) is 37.3 Å². The monoisotopic (exact) mass is 442 g/mol. The second kappa shape index (κ2) is 8.67. The highest BCUT2D eigenvalue weighted by atomic mass is 32.2. The maximum atomic E-state index is 12.5. The van der Waals surface area contributed by atoms with Gasteiger partial charge in [0, 0.05) is 19.3 Å². The van der Waals surface area contributed by atoms with E-state index >= 15 is 0 Å². The Kier molecular flexibility index (Phi) is 6.22. The Morgan fingerprint density at radius 3 is 2.47 bits per heavy atom. The summed E-state index contributed by atoms with van der Waals surface area (Å²) < 4.78 is 69.6. The summed E-state index contributed by atoms with van der Waals surface area (Å²) in [6.07, 6.45) is -3.27. The summed E-state index contributed by atoms with van der Waals surface area (Å²) in [5, 5.41) is 15.0. The molecule has 30 heavy (non-hydrogen) atoms. The van der Waals surface area contributed by atoms with E-state index in [0.29, 0.717) is 11.6 Å². The molecule has 0 amide bonds. The number of hydrogen-bond donors (Lipinski definition) is 2. The topological polar surface area (TPSA) is 111 Å². The van der Waals surface area contributed by atoms with Gasteiger partial charge in [-0.1, -0.05) is 12.1 Å². The Labute approximate surface area is 169 Å². The molecule has 2 N–H and O–H groups in total. The second-order valence-corrected chi connectivity index (χ2v) is 7.73. The van der Waals surface area contributed by atoms with Gasteiger partial charge in [-0.3, -0.25) is 0 Å². The average Bonchev–Trinajstić information content (AvgIpc) is 3.11. The predicted molar refractivity (Wildman–Crippen MR) is 101 cm³/mol. The zero-order valence-corrected chi connectivity index (χ0v) is 16.4. The number of para-hydroxylation sites is 1. The van der Waals surface area contributed by atoms with E-state index in [4.69, 9.17) is 0 Å². The van der Waals surface area contributed by atoms with Crippen molar-refractivity contribution in [1.29, 1.82) is 0 Å². The van der Waals surface area contributed by atoms with Crippen LogP contribution in [0.1, 0.15) is 5.69 Å². The molecule has 13 heteroatoms. The van der Waals surface area contributed by atoms with Crippen molar-refractivity contribution in [2.75, 3.05) is 18.4 Å². The Morgan fingerprint density at radius 2 is 1.83 bits per heavy atom. The molecule has 2 aromatic heterocycles. The second-order valence-electron chi connectivity index (χ2n) is 6.00. The van der Waals surface area contributed by atoms with E-state index < -0.39 is 27.0 Å². The van der Waals surface area contributed by atoms with Crippen molar-refractivity contribution in [3.05, 3.63) is 54.4 Å². The zero-order chi connectivity index (χ0) is 21.8. The molecule has 0 aliphatic heterocycles. The van der Waals surface area contributed by atoms with Crippen LogP contribution >= 0.6 is 0 Å². The summed E-state index contributed by atoms with van der Waals surface area (Å²) in [5.74, 6) is 0.0963. The third-order valence-corrected chi connectivity index (χ3v) is 5.20. The summed E-state index contributed by atoms with van der Waals surface area (Å²) in [6, 6.07) is 9.63. The zero-order valence-electron chi connectivity index (χ0n) is 15.6. The fourth-order valence-corrected chi connectivity index (χ4v) is 3.58. The first-order chi connectivity index (χ1) is 14.1. The average molecular weight is 442 g/mol. The third kappa shape index (κ3) is 5.67. The summed E-state index contributed by atoms with van der Waals surface area (Å²) in [6.45, 7) is 1.86. The van der Waals surface area contributed by atoms with Gasteiger partial charge in [0.05, 0.1) is 5.69 Å². The lowest BCUT2D eigenvalue weighted by Gasteiger charge is -2.14. The number of aromatic nitrogens is 4. The Hall–Kier alpha value is -3.19. The van der Waals surface area contributed by atoms with Crippen molar-refractivity contribution in [3.63, 3.8) is 0 Å². The van der Waals surface area contributed by atoms with E-state index in [1.165, 1.54) is 12.1 Å². The Morgan fingerprint density at radius 1 is 1.07 bits per heavy atom. The lowest BCUT2D eigenvalue weighted by Crippen LogP contribution is -2.30. The quantitative estimate of drug-likeness (QED) is 0.515. The van der Waals surface area contributed by atoms with Crippen LogP contribution in [0.15, 0.2) is 53.6 Å². The Balaban J connectivity index is 1.56. The van der Waals surface area contributed by atoms with Crippen LogP contribution in [0, 0.1) is 6.92 Å². The molecule has 0 saturated carbocycles. The fourth-order valence-electron chi connectivity index (χ4n) is 2.42. The van der Waals surface area contributed by atoms with Crippen molar-refractivity contribution < 1.29 is 26.3 Å².